The van der Waals surface area contributed by atoms with Crippen molar-refractivity contribution in [2.75, 3.05) is 0 Å². The number of ether oxygens (including phenoxy) is 1. The molecule has 0 spiro atoms. The fourth-order valence-corrected chi connectivity index (χ4v) is 4.17. The number of benzene rings is 2. The molecular weight excluding hydrogens is 438 g/mol. The van der Waals surface area contributed by atoms with Crippen LogP contribution >= 0.6 is 23.4 Å². The third kappa shape index (κ3) is 4.70. The van der Waals surface area contributed by atoms with E-state index in [2.05, 4.69) is 10.2 Å². The predicted octanol–water partition coefficient (Wildman–Crippen LogP) is 4.71. The molecule has 4 aromatic rings. The van der Waals surface area contributed by atoms with Crippen LogP contribution in [0.15, 0.2) is 56.8 Å². The smallest absolute Gasteiger partial charge is 0.336 e. The van der Waals surface area contributed by atoms with Crippen molar-refractivity contribution in [1.82, 2.24) is 14.8 Å². The Hall–Kier alpha value is -2.97. The van der Waals surface area contributed by atoms with Crippen molar-refractivity contribution >= 4 is 34.3 Å². The molecule has 2 aromatic heterocycles. The van der Waals surface area contributed by atoms with Crippen molar-refractivity contribution in [2.45, 2.75) is 30.9 Å². The lowest BCUT2D eigenvalue weighted by Crippen LogP contribution is -2.04. The number of rotatable bonds is 7. The standard InChI is InChI=1S/C22H20ClN3O4S/c1-3-13-8-17-14(9-21(28)30-19(17)10-18(13)27)12-31-22-25-24-20(26(22)2)11-29-16-6-4-15(23)5-7-16/h4-10,27H,3,11-12H2,1-2H3. The van der Waals surface area contributed by atoms with Gasteiger partial charge in [0.15, 0.2) is 11.0 Å². The second-order valence-electron chi connectivity index (χ2n) is 6.91. The van der Waals surface area contributed by atoms with Crippen LogP contribution in [0.2, 0.25) is 5.02 Å². The van der Waals surface area contributed by atoms with Gasteiger partial charge in [0.2, 0.25) is 0 Å². The first-order valence-corrected chi connectivity index (χ1v) is 11.0. The largest absolute Gasteiger partial charge is 0.508 e. The number of aromatic nitrogens is 3. The van der Waals surface area contributed by atoms with Crippen molar-refractivity contribution in [1.29, 1.82) is 0 Å². The zero-order chi connectivity index (χ0) is 22.0. The van der Waals surface area contributed by atoms with E-state index >= 15 is 0 Å². The molecule has 9 heteroatoms. The molecule has 0 fully saturated rings. The molecule has 7 nitrogen and oxygen atoms in total. The van der Waals surface area contributed by atoms with Gasteiger partial charge in [-0.2, -0.15) is 0 Å². The summed E-state index contributed by atoms with van der Waals surface area (Å²) in [5, 5.41) is 20.7. The molecule has 4 rings (SSSR count). The van der Waals surface area contributed by atoms with Gasteiger partial charge in [-0.15, -0.1) is 10.2 Å². The van der Waals surface area contributed by atoms with Gasteiger partial charge in [0.05, 0.1) is 0 Å². The maximum atomic E-state index is 12.0. The average molecular weight is 458 g/mol. The number of aryl methyl sites for hydroxylation is 1. The topological polar surface area (TPSA) is 90.4 Å². The van der Waals surface area contributed by atoms with Crippen molar-refractivity contribution in [3.05, 3.63) is 74.9 Å². The monoisotopic (exact) mass is 457 g/mol. The minimum atomic E-state index is -0.457. The molecule has 0 unspecified atom stereocenters. The first-order valence-electron chi connectivity index (χ1n) is 9.62. The van der Waals surface area contributed by atoms with E-state index in [1.807, 2.05) is 24.6 Å². The molecule has 1 N–H and O–H groups in total. The molecule has 0 aliphatic carbocycles. The van der Waals surface area contributed by atoms with Gasteiger partial charge in [0.1, 0.15) is 23.7 Å². The van der Waals surface area contributed by atoms with Crippen LogP contribution < -0.4 is 10.4 Å². The predicted molar refractivity (Wildman–Crippen MR) is 120 cm³/mol. The number of fused-ring (bicyclic) bond motifs is 1. The Balaban J connectivity index is 1.51. The maximum absolute atomic E-state index is 12.0. The van der Waals surface area contributed by atoms with E-state index < -0.39 is 5.63 Å². The summed E-state index contributed by atoms with van der Waals surface area (Å²) in [5.74, 6) is 1.99. The van der Waals surface area contributed by atoms with Gasteiger partial charge in [-0.05, 0) is 47.9 Å². The average Bonchev–Trinajstić information content (AvgIpc) is 3.10. The third-order valence-corrected chi connectivity index (χ3v) is 6.19. The molecule has 0 bridgehead atoms. The molecule has 0 saturated carbocycles. The maximum Gasteiger partial charge on any atom is 0.336 e. The number of hydrogen-bond donors (Lipinski definition) is 1. The summed E-state index contributed by atoms with van der Waals surface area (Å²) in [7, 11) is 1.87. The van der Waals surface area contributed by atoms with Crippen LogP contribution in [0.5, 0.6) is 11.5 Å². The Morgan fingerprint density at radius 1 is 1.16 bits per heavy atom. The van der Waals surface area contributed by atoms with Crippen LogP contribution in [0.4, 0.5) is 0 Å². The lowest BCUT2D eigenvalue weighted by atomic mass is 10.1. The van der Waals surface area contributed by atoms with Gasteiger partial charge in [0.25, 0.3) is 0 Å². The first kappa shape index (κ1) is 21.3. The number of thioether (sulfide) groups is 1. The van der Waals surface area contributed by atoms with Crippen LogP contribution in [-0.2, 0) is 25.8 Å². The van der Waals surface area contributed by atoms with E-state index in [0.717, 1.165) is 16.5 Å². The minimum absolute atomic E-state index is 0.126. The molecule has 0 amide bonds. The number of phenolic OH excluding ortho intramolecular Hbond substituents is 1. The van der Waals surface area contributed by atoms with Crippen molar-refractivity contribution < 1.29 is 14.3 Å². The summed E-state index contributed by atoms with van der Waals surface area (Å²) in [6.07, 6.45) is 0.674. The van der Waals surface area contributed by atoms with Crippen molar-refractivity contribution in [3.8, 4) is 11.5 Å². The number of phenols is 1. The van der Waals surface area contributed by atoms with Gasteiger partial charge in [-0.25, -0.2) is 4.79 Å². The highest BCUT2D eigenvalue weighted by Crippen LogP contribution is 2.30. The fourth-order valence-electron chi connectivity index (χ4n) is 3.13. The highest BCUT2D eigenvalue weighted by Gasteiger charge is 2.14. The highest BCUT2D eigenvalue weighted by molar-refractivity contribution is 7.98. The molecule has 0 aliphatic rings. The zero-order valence-corrected chi connectivity index (χ0v) is 18.5. The highest BCUT2D eigenvalue weighted by atomic mass is 35.5. The molecule has 160 valence electrons. The van der Waals surface area contributed by atoms with Crippen LogP contribution in [0.3, 0.4) is 0 Å². The number of nitrogens with zero attached hydrogens (tertiary/aromatic N) is 3. The Bertz CT molecular complexity index is 1280. The van der Waals surface area contributed by atoms with Crippen LogP contribution in [0.1, 0.15) is 23.9 Å². The lowest BCUT2D eigenvalue weighted by Gasteiger charge is -2.09. The fraction of sp³-hybridized carbons (Fsp3) is 0.227. The summed E-state index contributed by atoms with van der Waals surface area (Å²) in [4.78, 5) is 12.0. The van der Waals surface area contributed by atoms with E-state index in [-0.39, 0.29) is 12.4 Å². The normalized spacial score (nSPS) is 11.2. The number of aromatic hydroxyl groups is 1. The van der Waals surface area contributed by atoms with Gasteiger partial charge >= 0.3 is 5.63 Å². The Morgan fingerprint density at radius 3 is 2.68 bits per heavy atom. The Kier molecular flexibility index (Phi) is 6.20. The second-order valence-corrected chi connectivity index (χ2v) is 8.29. The SMILES string of the molecule is CCc1cc2c(CSc3nnc(COc4ccc(Cl)cc4)n3C)cc(=O)oc2cc1O. The van der Waals surface area contributed by atoms with Gasteiger partial charge < -0.3 is 18.8 Å². The van der Waals surface area contributed by atoms with Gasteiger partial charge in [0, 0.05) is 35.3 Å². The van der Waals surface area contributed by atoms with E-state index in [1.54, 1.807) is 24.3 Å². The first-order chi connectivity index (χ1) is 14.9. The zero-order valence-electron chi connectivity index (χ0n) is 17.0. The molecule has 2 heterocycles. The number of hydrogen-bond acceptors (Lipinski definition) is 7. The summed E-state index contributed by atoms with van der Waals surface area (Å²) in [6.45, 7) is 2.23. The van der Waals surface area contributed by atoms with E-state index in [4.69, 9.17) is 20.8 Å². The summed E-state index contributed by atoms with van der Waals surface area (Å²) in [5.41, 5.74) is 1.52. The second kappa shape index (κ2) is 9.03. The van der Waals surface area contributed by atoms with E-state index in [1.165, 1.54) is 23.9 Å². The summed E-state index contributed by atoms with van der Waals surface area (Å²) >= 11 is 7.35. The molecule has 0 atom stereocenters. The van der Waals surface area contributed by atoms with E-state index in [0.29, 0.717) is 39.5 Å². The molecule has 0 aliphatic heterocycles. The Morgan fingerprint density at radius 2 is 1.94 bits per heavy atom. The molecule has 2 aromatic carbocycles. The Labute approximate surface area is 187 Å². The number of halogens is 1. The van der Waals surface area contributed by atoms with Crippen molar-refractivity contribution in [3.63, 3.8) is 0 Å². The van der Waals surface area contributed by atoms with Gasteiger partial charge in [-0.1, -0.05) is 30.3 Å². The summed E-state index contributed by atoms with van der Waals surface area (Å²) < 4.78 is 12.9. The van der Waals surface area contributed by atoms with E-state index in [9.17, 15) is 9.90 Å². The summed E-state index contributed by atoms with van der Waals surface area (Å²) in [6, 6.07) is 12.0. The van der Waals surface area contributed by atoms with Gasteiger partial charge in [-0.3, -0.25) is 0 Å². The van der Waals surface area contributed by atoms with Crippen LogP contribution in [-0.4, -0.2) is 19.9 Å². The molecule has 31 heavy (non-hydrogen) atoms. The molecule has 0 radical (unpaired) electrons. The molecule has 0 saturated heterocycles. The quantitative estimate of drug-likeness (QED) is 0.317. The van der Waals surface area contributed by atoms with Crippen LogP contribution in [0.25, 0.3) is 11.0 Å². The molecular formula is C22H20ClN3O4S. The third-order valence-electron chi connectivity index (χ3n) is 4.87. The van der Waals surface area contributed by atoms with Crippen molar-refractivity contribution in [2.24, 2.45) is 7.05 Å². The van der Waals surface area contributed by atoms with Crippen LogP contribution in [0, 0.1) is 0 Å². The minimum Gasteiger partial charge on any atom is -0.508 e. The lowest BCUT2D eigenvalue weighted by molar-refractivity contribution is 0.290.